The maximum absolute atomic E-state index is 12.6. The zero-order valence-electron chi connectivity index (χ0n) is 16.4. The van der Waals surface area contributed by atoms with E-state index in [-0.39, 0.29) is 16.6 Å². The van der Waals surface area contributed by atoms with Crippen LogP contribution in [0.2, 0.25) is 0 Å². The molecule has 1 N–H and O–H groups in total. The van der Waals surface area contributed by atoms with E-state index in [9.17, 15) is 14.7 Å². The van der Waals surface area contributed by atoms with Gasteiger partial charge in [-0.1, -0.05) is 33.1 Å². The van der Waals surface area contributed by atoms with Crippen molar-refractivity contribution < 1.29 is 33.6 Å². The largest absolute Gasteiger partial charge is 0.465 e. The summed E-state index contributed by atoms with van der Waals surface area (Å²) in [5.74, 6) is -3.06. The van der Waals surface area contributed by atoms with Crippen molar-refractivity contribution in [3.8, 4) is 0 Å². The molecule has 7 nitrogen and oxygen atoms in total. The number of ether oxygens (including phenoxy) is 4. The van der Waals surface area contributed by atoms with Crippen LogP contribution in [0.1, 0.15) is 46.0 Å². The van der Waals surface area contributed by atoms with E-state index in [1.807, 2.05) is 13.8 Å². The Bertz CT molecular complexity index is 685. The van der Waals surface area contributed by atoms with Crippen LogP contribution in [-0.4, -0.2) is 55.9 Å². The van der Waals surface area contributed by atoms with Crippen molar-refractivity contribution in [1.82, 2.24) is 0 Å². The van der Waals surface area contributed by atoms with Gasteiger partial charge in [-0.25, -0.2) is 9.59 Å². The lowest BCUT2D eigenvalue weighted by Crippen LogP contribution is -2.55. The van der Waals surface area contributed by atoms with Crippen molar-refractivity contribution in [3.63, 3.8) is 0 Å². The Morgan fingerprint density at radius 3 is 2.07 bits per heavy atom. The molecule has 1 aliphatic heterocycles. The minimum Gasteiger partial charge on any atom is -0.465 e. The van der Waals surface area contributed by atoms with Crippen LogP contribution in [0, 0.1) is 5.41 Å². The summed E-state index contributed by atoms with van der Waals surface area (Å²) in [6.07, 6.45) is 5.24. The summed E-state index contributed by atoms with van der Waals surface area (Å²) in [6, 6.07) is 0. The first-order valence-corrected chi connectivity index (χ1v) is 9.33. The van der Waals surface area contributed by atoms with Gasteiger partial charge in [-0.3, -0.25) is 0 Å². The molecule has 0 unspecified atom stereocenters. The molecule has 1 heterocycles. The van der Waals surface area contributed by atoms with Gasteiger partial charge in [0.15, 0.2) is 0 Å². The highest BCUT2D eigenvalue weighted by atomic mass is 16.7. The zero-order chi connectivity index (χ0) is 19.9. The molecule has 1 saturated carbocycles. The van der Waals surface area contributed by atoms with Crippen molar-refractivity contribution in [2.24, 2.45) is 5.41 Å². The summed E-state index contributed by atoms with van der Waals surface area (Å²) in [5, 5.41) is 11.4. The molecule has 27 heavy (non-hydrogen) atoms. The maximum Gasteiger partial charge on any atom is 0.340 e. The molecule has 1 saturated heterocycles. The molecular weight excluding hydrogens is 352 g/mol. The minimum atomic E-state index is -1.63. The highest BCUT2D eigenvalue weighted by Crippen LogP contribution is 2.52. The maximum atomic E-state index is 12.6. The summed E-state index contributed by atoms with van der Waals surface area (Å²) < 4.78 is 22.0. The van der Waals surface area contributed by atoms with E-state index < -0.39 is 23.3 Å². The second-order valence-electron chi connectivity index (χ2n) is 8.28. The molecule has 0 radical (unpaired) electrons. The fourth-order valence-corrected chi connectivity index (χ4v) is 4.06. The molecule has 2 fully saturated rings. The number of methoxy groups -OCH3 is 2. The Balaban J connectivity index is 2.15. The number of hydrogen-bond acceptors (Lipinski definition) is 7. The molecule has 3 aliphatic rings. The van der Waals surface area contributed by atoms with Crippen molar-refractivity contribution in [2.75, 3.05) is 27.4 Å². The summed E-state index contributed by atoms with van der Waals surface area (Å²) in [5.41, 5.74) is -1.12. The standard InChI is InChI=1S/C20H28O7/c1-18(2)11-26-20(27-12-18)14(19(23)8-6-5-7-9-19)10-13(16(21)24-3)15(20)17(22)25-4/h10,23H,5-9,11-12H2,1-4H3. The van der Waals surface area contributed by atoms with Gasteiger partial charge in [0.1, 0.15) is 5.57 Å². The Labute approximate surface area is 159 Å². The van der Waals surface area contributed by atoms with Gasteiger partial charge in [-0.2, -0.15) is 0 Å². The third-order valence-electron chi connectivity index (χ3n) is 5.55. The van der Waals surface area contributed by atoms with Gasteiger partial charge in [0, 0.05) is 11.0 Å². The second kappa shape index (κ2) is 7.04. The number of carbonyl (C=O) groups is 2. The Morgan fingerprint density at radius 2 is 1.56 bits per heavy atom. The first-order valence-electron chi connectivity index (χ1n) is 9.33. The van der Waals surface area contributed by atoms with E-state index in [1.54, 1.807) is 0 Å². The number of carbonyl (C=O) groups excluding carboxylic acids is 2. The van der Waals surface area contributed by atoms with Crippen molar-refractivity contribution in [3.05, 3.63) is 22.8 Å². The molecular formula is C20H28O7. The van der Waals surface area contributed by atoms with Crippen LogP contribution >= 0.6 is 0 Å². The van der Waals surface area contributed by atoms with Gasteiger partial charge in [-0.05, 0) is 18.9 Å². The molecule has 7 heteroatoms. The quantitative estimate of drug-likeness (QED) is 0.749. The lowest BCUT2D eigenvalue weighted by atomic mass is 9.75. The van der Waals surface area contributed by atoms with E-state index in [2.05, 4.69) is 0 Å². The molecule has 0 bridgehead atoms. The summed E-state index contributed by atoms with van der Waals surface area (Å²) in [6.45, 7) is 4.57. The molecule has 0 aromatic heterocycles. The van der Waals surface area contributed by atoms with Gasteiger partial charge in [0.25, 0.3) is 0 Å². The topological polar surface area (TPSA) is 91.3 Å². The highest BCUT2D eigenvalue weighted by Gasteiger charge is 2.59. The smallest absolute Gasteiger partial charge is 0.340 e. The molecule has 0 aromatic carbocycles. The van der Waals surface area contributed by atoms with E-state index in [4.69, 9.17) is 18.9 Å². The summed E-state index contributed by atoms with van der Waals surface area (Å²) >= 11 is 0. The lowest BCUT2D eigenvalue weighted by Gasteiger charge is -2.48. The van der Waals surface area contributed by atoms with E-state index in [0.717, 1.165) is 19.3 Å². The fourth-order valence-electron chi connectivity index (χ4n) is 4.06. The number of rotatable bonds is 3. The Morgan fingerprint density at radius 1 is 1.00 bits per heavy atom. The van der Waals surface area contributed by atoms with Crippen LogP contribution in [0.4, 0.5) is 0 Å². The van der Waals surface area contributed by atoms with Crippen molar-refractivity contribution in [2.45, 2.75) is 57.3 Å². The number of esters is 2. The molecule has 150 valence electrons. The van der Waals surface area contributed by atoms with Crippen LogP contribution < -0.4 is 0 Å². The van der Waals surface area contributed by atoms with Crippen LogP contribution in [-0.2, 0) is 28.5 Å². The molecule has 1 spiro atoms. The predicted molar refractivity (Wildman–Crippen MR) is 95.6 cm³/mol. The van der Waals surface area contributed by atoms with Gasteiger partial charge in [0.05, 0.1) is 38.6 Å². The number of aliphatic hydroxyl groups is 1. The highest BCUT2D eigenvalue weighted by molar-refractivity contribution is 6.06. The molecule has 0 atom stereocenters. The van der Waals surface area contributed by atoms with Gasteiger partial charge in [0.2, 0.25) is 5.79 Å². The average molecular weight is 380 g/mol. The van der Waals surface area contributed by atoms with E-state index >= 15 is 0 Å². The second-order valence-corrected chi connectivity index (χ2v) is 8.28. The predicted octanol–water partition coefficient (Wildman–Crippen LogP) is 2.03. The molecule has 2 aliphatic carbocycles. The normalized spacial score (nSPS) is 25.9. The van der Waals surface area contributed by atoms with Gasteiger partial charge < -0.3 is 24.1 Å². The Kier molecular flexibility index (Phi) is 5.22. The molecule has 3 rings (SSSR count). The van der Waals surface area contributed by atoms with E-state index in [0.29, 0.717) is 31.6 Å². The monoisotopic (exact) mass is 380 g/mol. The van der Waals surface area contributed by atoms with Crippen molar-refractivity contribution >= 4 is 11.9 Å². The van der Waals surface area contributed by atoms with Gasteiger partial charge >= 0.3 is 11.9 Å². The third-order valence-corrected chi connectivity index (χ3v) is 5.55. The van der Waals surface area contributed by atoms with Gasteiger partial charge in [-0.15, -0.1) is 0 Å². The summed E-state index contributed by atoms with van der Waals surface area (Å²) in [7, 11) is 2.47. The van der Waals surface area contributed by atoms with Crippen LogP contribution in [0.5, 0.6) is 0 Å². The summed E-state index contributed by atoms with van der Waals surface area (Å²) in [4.78, 5) is 25.1. The van der Waals surface area contributed by atoms with Crippen LogP contribution in [0.3, 0.4) is 0 Å². The minimum absolute atomic E-state index is 0.0121. The third kappa shape index (κ3) is 3.32. The average Bonchev–Trinajstić information content (AvgIpc) is 2.99. The molecule has 0 aromatic rings. The van der Waals surface area contributed by atoms with Crippen LogP contribution in [0.15, 0.2) is 22.8 Å². The number of hydrogen-bond donors (Lipinski definition) is 1. The van der Waals surface area contributed by atoms with E-state index in [1.165, 1.54) is 20.3 Å². The first kappa shape index (κ1) is 20.0. The molecule has 0 amide bonds. The first-order chi connectivity index (χ1) is 12.7. The SMILES string of the molecule is COC(=O)C1=C(C(=O)OC)C2(OCC(C)(C)CO2)C(C2(O)CCCCC2)=C1. The fraction of sp³-hybridized carbons (Fsp3) is 0.700. The van der Waals surface area contributed by atoms with Crippen molar-refractivity contribution in [1.29, 1.82) is 0 Å². The lowest BCUT2D eigenvalue weighted by molar-refractivity contribution is -0.266. The van der Waals surface area contributed by atoms with Crippen LogP contribution in [0.25, 0.3) is 0 Å². The zero-order valence-corrected chi connectivity index (χ0v) is 16.4. The Hall–Kier alpha value is -1.70.